The second-order valence-electron chi connectivity index (χ2n) is 2.57. The molecule has 1 aromatic heterocycles. The van der Waals surface area contributed by atoms with Gasteiger partial charge in [-0.3, -0.25) is 9.40 Å². The van der Waals surface area contributed by atoms with Crippen LogP contribution >= 0.6 is 23.4 Å². The quantitative estimate of drug-likeness (QED) is 0.599. The SMILES string of the molecule is ClC1=CN(Cl)Cc2cnccc21. The van der Waals surface area contributed by atoms with Crippen molar-refractivity contribution in [1.29, 1.82) is 0 Å². The van der Waals surface area contributed by atoms with Crippen LogP contribution in [0.1, 0.15) is 11.1 Å². The molecule has 1 aliphatic heterocycles. The molecular formula is C8H6Cl2N2. The van der Waals surface area contributed by atoms with Gasteiger partial charge in [-0.2, -0.15) is 0 Å². The van der Waals surface area contributed by atoms with Crippen molar-refractivity contribution in [1.82, 2.24) is 9.40 Å². The van der Waals surface area contributed by atoms with E-state index in [2.05, 4.69) is 4.98 Å². The highest BCUT2D eigenvalue weighted by Gasteiger charge is 2.13. The first kappa shape index (κ1) is 7.90. The lowest BCUT2D eigenvalue weighted by Gasteiger charge is -2.19. The molecule has 0 atom stereocenters. The smallest absolute Gasteiger partial charge is 0.0655 e. The van der Waals surface area contributed by atoms with Gasteiger partial charge in [-0.1, -0.05) is 11.6 Å². The number of nitrogens with zero attached hydrogens (tertiary/aromatic N) is 2. The van der Waals surface area contributed by atoms with Gasteiger partial charge in [0.1, 0.15) is 0 Å². The third-order valence-electron chi connectivity index (χ3n) is 1.74. The molecule has 0 N–H and O–H groups in total. The molecular weight excluding hydrogens is 195 g/mol. The molecule has 1 aromatic rings. The lowest BCUT2D eigenvalue weighted by atomic mass is 10.1. The first-order chi connectivity index (χ1) is 5.77. The molecule has 0 spiro atoms. The highest BCUT2D eigenvalue weighted by Crippen LogP contribution is 2.29. The number of hydrogen-bond donors (Lipinski definition) is 0. The Morgan fingerprint density at radius 3 is 3.17 bits per heavy atom. The van der Waals surface area contributed by atoms with Crippen molar-refractivity contribution in [3.05, 3.63) is 35.8 Å². The average molecular weight is 201 g/mol. The van der Waals surface area contributed by atoms with Crippen molar-refractivity contribution in [3.8, 4) is 0 Å². The molecule has 12 heavy (non-hydrogen) atoms. The fourth-order valence-electron chi connectivity index (χ4n) is 1.19. The zero-order valence-electron chi connectivity index (χ0n) is 6.17. The highest BCUT2D eigenvalue weighted by molar-refractivity contribution is 6.49. The van der Waals surface area contributed by atoms with Gasteiger partial charge in [-0.25, -0.2) is 0 Å². The van der Waals surface area contributed by atoms with E-state index in [9.17, 15) is 0 Å². The lowest BCUT2D eigenvalue weighted by molar-refractivity contribution is 0.591. The minimum Gasteiger partial charge on any atom is -0.287 e. The predicted molar refractivity (Wildman–Crippen MR) is 49.5 cm³/mol. The van der Waals surface area contributed by atoms with E-state index in [-0.39, 0.29) is 0 Å². The van der Waals surface area contributed by atoms with Crippen molar-refractivity contribution in [2.45, 2.75) is 6.54 Å². The summed E-state index contributed by atoms with van der Waals surface area (Å²) in [4.78, 5) is 4.00. The van der Waals surface area contributed by atoms with Crippen LogP contribution in [0, 0.1) is 0 Å². The molecule has 62 valence electrons. The first-order valence-electron chi connectivity index (χ1n) is 3.50. The van der Waals surface area contributed by atoms with Crippen LogP contribution in [-0.4, -0.2) is 9.40 Å². The molecule has 0 bridgehead atoms. The van der Waals surface area contributed by atoms with Crippen molar-refractivity contribution in [3.63, 3.8) is 0 Å². The molecule has 0 aromatic carbocycles. The van der Waals surface area contributed by atoms with E-state index in [0.717, 1.165) is 11.1 Å². The standard InChI is InChI=1S/C8H6Cl2N2/c9-8-5-12(10)4-6-3-11-2-1-7(6)8/h1-3,5H,4H2. The van der Waals surface area contributed by atoms with E-state index >= 15 is 0 Å². The number of aromatic nitrogens is 1. The summed E-state index contributed by atoms with van der Waals surface area (Å²) >= 11 is 11.7. The lowest BCUT2D eigenvalue weighted by Crippen LogP contribution is -2.10. The maximum absolute atomic E-state index is 5.95. The maximum atomic E-state index is 5.95. The summed E-state index contributed by atoms with van der Waals surface area (Å²) < 4.78 is 1.52. The molecule has 2 rings (SSSR count). The van der Waals surface area contributed by atoms with Crippen LogP contribution in [0.15, 0.2) is 24.7 Å². The van der Waals surface area contributed by atoms with Crippen molar-refractivity contribution < 1.29 is 0 Å². The van der Waals surface area contributed by atoms with Gasteiger partial charge in [0.25, 0.3) is 0 Å². The van der Waals surface area contributed by atoms with E-state index in [0.29, 0.717) is 11.6 Å². The second-order valence-corrected chi connectivity index (χ2v) is 3.41. The van der Waals surface area contributed by atoms with E-state index in [1.54, 1.807) is 18.6 Å². The van der Waals surface area contributed by atoms with Crippen LogP contribution in [0.5, 0.6) is 0 Å². The molecule has 0 saturated heterocycles. The van der Waals surface area contributed by atoms with Gasteiger partial charge in [-0.05, 0) is 11.6 Å². The van der Waals surface area contributed by atoms with Crippen LogP contribution in [0.25, 0.3) is 5.03 Å². The molecule has 0 fully saturated rings. The number of fused-ring (bicyclic) bond motifs is 1. The Morgan fingerprint density at radius 1 is 1.50 bits per heavy atom. The van der Waals surface area contributed by atoms with Gasteiger partial charge in [0.05, 0.1) is 11.6 Å². The van der Waals surface area contributed by atoms with E-state index < -0.39 is 0 Å². The fourth-order valence-corrected chi connectivity index (χ4v) is 1.77. The van der Waals surface area contributed by atoms with Crippen LogP contribution in [-0.2, 0) is 6.54 Å². The summed E-state index contributed by atoms with van der Waals surface area (Å²) in [5.41, 5.74) is 2.07. The zero-order valence-corrected chi connectivity index (χ0v) is 7.68. The third-order valence-corrected chi connectivity index (χ3v) is 2.25. The van der Waals surface area contributed by atoms with Gasteiger partial charge in [-0.15, -0.1) is 0 Å². The highest BCUT2D eigenvalue weighted by atomic mass is 35.5. The van der Waals surface area contributed by atoms with Gasteiger partial charge in [0, 0.05) is 35.9 Å². The molecule has 0 aliphatic carbocycles. The predicted octanol–water partition coefficient (Wildman–Crippen LogP) is 2.59. The first-order valence-corrected chi connectivity index (χ1v) is 4.22. The van der Waals surface area contributed by atoms with E-state index in [1.807, 2.05) is 6.07 Å². The molecule has 0 radical (unpaired) electrons. The molecule has 2 nitrogen and oxygen atoms in total. The van der Waals surface area contributed by atoms with Gasteiger partial charge < -0.3 is 0 Å². The number of rotatable bonds is 0. The summed E-state index contributed by atoms with van der Waals surface area (Å²) in [5.74, 6) is 0. The van der Waals surface area contributed by atoms with Gasteiger partial charge in [0.15, 0.2) is 0 Å². The summed E-state index contributed by atoms with van der Waals surface area (Å²) in [7, 11) is 0. The summed E-state index contributed by atoms with van der Waals surface area (Å²) in [5, 5.41) is 0.661. The van der Waals surface area contributed by atoms with Gasteiger partial charge in [0.2, 0.25) is 0 Å². The average Bonchev–Trinajstić information content (AvgIpc) is 2.04. The topological polar surface area (TPSA) is 16.1 Å². The second kappa shape index (κ2) is 2.96. The van der Waals surface area contributed by atoms with Crippen LogP contribution in [0.2, 0.25) is 0 Å². The molecule has 1 aliphatic rings. The molecule has 0 unspecified atom stereocenters. The maximum Gasteiger partial charge on any atom is 0.0655 e. The van der Waals surface area contributed by atoms with E-state index in [1.165, 1.54) is 4.42 Å². The van der Waals surface area contributed by atoms with Gasteiger partial charge >= 0.3 is 0 Å². The number of pyridine rings is 1. The Morgan fingerprint density at radius 2 is 2.33 bits per heavy atom. The number of hydrogen-bond acceptors (Lipinski definition) is 2. The third kappa shape index (κ3) is 1.28. The van der Waals surface area contributed by atoms with Crippen LogP contribution in [0.4, 0.5) is 0 Å². The minimum absolute atomic E-state index is 0.654. The minimum atomic E-state index is 0.654. The molecule has 0 amide bonds. The molecule has 0 saturated carbocycles. The Kier molecular flexibility index (Phi) is 1.95. The van der Waals surface area contributed by atoms with E-state index in [4.69, 9.17) is 23.4 Å². The number of halogens is 2. The Balaban J connectivity index is 2.53. The summed E-state index contributed by atoms with van der Waals surface area (Å²) in [6, 6.07) is 1.89. The van der Waals surface area contributed by atoms with Crippen LogP contribution < -0.4 is 0 Å². The largest absolute Gasteiger partial charge is 0.287 e. The fraction of sp³-hybridized carbons (Fsp3) is 0.125. The Hall–Kier alpha value is -0.730. The molecule has 4 heteroatoms. The monoisotopic (exact) mass is 200 g/mol. The summed E-state index contributed by atoms with van der Waals surface area (Å²) in [6.07, 6.45) is 5.20. The van der Waals surface area contributed by atoms with Crippen molar-refractivity contribution in [2.75, 3.05) is 0 Å². The Labute approximate surface area is 80.5 Å². The van der Waals surface area contributed by atoms with Crippen LogP contribution in [0.3, 0.4) is 0 Å². The summed E-state index contributed by atoms with van der Waals surface area (Å²) in [6.45, 7) is 0.654. The van der Waals surface area contributed by atoms with Crippen molar-refractivity contribution in [2.24, 2.45) is 0 Å². The van der Waals surface area contributed by atoms with Crippen molar-refractivity contribution >= 4 is 28.4 Å². The molecule has 2 heterocycles. The zero-order chi connectivity index (χ0) is 8.55. The Bertz CT molecular complexity index is 336. The normalized spacial score (nSPS) is 15.5.